The summed E-state index contributed by atoms with van der Waals surface area (Å²) in [4.78, 5) is 29.2. The minimum atomic E-state index is -0.0926. The number of nitrogens with zero attached hydrogens (tertiary/aromatic N) is 2. The van der Waals surface area contributed by atoms with Crippen LogP contribution in [0.4, 0.5) is 5.82 Å². The maximum absolute atomic E-state index is 11.7. The Labute approximate surface area is 113 Å². The van der Waals surface area contributed by atoms with E-state index in [4.69, 9.17) is 0 Å². The predicted molar refractivity (Wildman–Crippen MR) is 72.4 cm³/mol. The lowest BCUT2D eigenvalue weighted by molar-refractivity contribution is -0.148. The number of likely N-dealkylation sites (tertiary alicyclic amines) is 1. The van der Waals surface area contributed by atoms with E-state index in [9.17, 15) is 9.59 Å². The standard InChI is InChI=1S/C14H19N3O2/c1-2-9-15-12-6-3-5-11(16-12)10-17-13(18)7-4-8-14(17)19/h3,5-6H,2,4,7-10H2,1H3,(H,15,16). The molecule has 0 aromatic carbocycles. The number of rotatable bonds is 5. The number of carbonyl (C=O) groups excluding carboxylic acids is 2. The zero-order chi connectivity index (χ0) is 13.7. The van der Waals surface area contributed by atoms with Crippen LogP contribution in [-0.2, 0) is 16.1 Å². The van der Waals surface area contributed by atoms with Crippen molar-refractivity contribution in [1.29, 1.82) is 0 Å². The Morgan fingerprint density at radius 2 is 2.00 bits per heavy atom. The van der Waals surface area contributed by atoms with Gasteiger partial charge >= 0.3 is 0 Å². The third-order valence-corrected chi connectivity index (χ3v) is 3.07. The highest BCUT2D eigenvalue weighted by Crippen LogP contribution is 2.15. The lowest BCUT2D eigenvalue weighted by Crippen LogP contribution is -2.39. The van der Waals surface area contributed by atoms with Gasteiger partial charge in [-0.1, -0.05) is 13.0 Å². The molecule has 102 valence electrons. The fraction of sp³-hybridized carbons (Fsp3) is 0.500. The van der Waals surface area contributed by atoms with Gasteiger partial charge in [0.2, 0.25) is 11.8 Å². The maximum Gasteiger partial charge on any atom is 0.229 e. The first-order valence-corrected chi connectivity index (χ1v) is 6.73. The first-order valence-electron chi connectivity index (χ1n) is 6.73. The Hall–Kier alpha value is -1.91. The fourth-order valence-electron chi connectivity index (χ4n) is 2.06. The van der Waals surface area contributed by atoms with Crippen LogP contribution in [-0.4, -0.2) is 28.2 Å². The van der Waals surface area contributed by atoms with E-state index in [0.717, 1.165) is 24.5 Å². The Bertz CT molecular complexity index is 458. The van der Waals surface area contributed by atoms with E-state index in [-0.39, 0.29) is 18.4 Å². The highest BCUT2D eigenvalue weighted by atomic mass is 16.2. The van der Waals surface area contributed by atoms with E-state index in [1.54, 1.807) is 0 Å². The Morgan fingerprint density at radius 3 is 2.68 bits per heavy atom. The smallest absolute Gasteiger partial charge is 0.229 e. The first-order chi connectivity index (χ1) is 9.20. The number of amides is 2. The van der Waals surface area contributed by atoms with Gasteiger partial charge in [-0.15, -0.1) is 0 Å². The van der Waals surface area contributed by atoms with Crippen LogP contribution in [0, 0.1) is 0 Å². The van der Waals surface area contributed by atoms with Crippen LogP contribution < -0.4 is 5.32 Å². The minimum absolute atomic E-state index is 0.0926. The maximum atomic E-state index is 11.7. The summed E-state index contributed by atoms with van der Waals surface area (Å²) in [5.41, 5.74) is 0.740. The van der Waals surface area contributed by atoms with Crippen LogP contribution in [0.15, 0.2) is 18.2 Å². The topological polar surface area (TPSA) is 62.3 Å². The Morgan fingerprint density at radius 1 is 1.26 bits per heavy atom. The van der Waals surface area contributed by atoms with Gasteiger partial charge in [-0.3, -0.25) is 14.5 Å². The fourth-order valence-corrected chi connectivity index (χ4v) is 2.06. The summed E-state index contributed by atoms with van der Waals surface area (Å²) in [6, 6.07) is 5.62. The van der Waals surface area contributed by atoms with Crippen molar-refractivity contribution in [2.24, 2.45) is 0 Å². The van der Waals surface area contributed by atoms with Crippen LogP contribution in [0.5, 0.6) is 0 Å². The molecule has 1 aliphatic rings. The Kier molecular flexibility index (Phi) is 4.49. The molecule has 0 bridgehead atoms. The second-order valence-electron chi connectivity index (χ2n) is 4.67. The lowest BCUT2D eigenvalue weighted by Gasteiger charge is -2.24. The quantitative estimate of drug-likeness (QED) is 0.823. The number of aromatic nitrogens is 1. The summed E-state index contributed by atoms with van der Waals surface area (Å²) in [5.74, 6) is 0.603. The summed E-state index contributed by atoms with van der Waals surface area (Å²) in [6.45, 7) is 3.22. The number of hydrogen-bond donors (Lipinski definition) is 1. The molecule has 1 aromatic rings. The zero-order valence-corrected chi connectivity index (χ0v) is 11.2. The molecule has 2 rings (SSSR count). The summed E-state index contributed by atoms with van der Waals surface area (Å²) in [6.07, 6.45) is 2.60. The van der Waals surface area contributed by atoms with Crippen molar-refractivity contribution in [3.63, 3.8) is 0 Å². The molecule has 19 heavy (non-hydrogen) atoms. The van der Waals surface area contributed by atoms with Crippen LogP contribution in [0.3, 0.4) is 0 Å². The largest absolute Gasteiger partial charge is 0.370 e. The van der Waals surface area contributed by atoms with Gasteiger partial charge in [-0.2, -0.15) is 0 Å². The Balaban J connectivity index is 2.05. The highest BCUT2D eigenvalue weighted by molar-refractivity contribution is 5.97. The summed E-state index contributed by atoms with van der Waals surface area (Å²) in [5, 5.41) is 3.19. The molecule has 0 spiro atoms. The van der Waals surface area contributed by atoms with E-state index < -0.39 is 0 Å². The van der Waals surface area contributed by atoms with Gasteiger partial charge < -0.3 is 5.32 Å². The molecule has 2 heterocycles. The minimum Gasteiger partial charge on any atom is -0.370 e. The molecule has 5 nitrogen and oxygen atoms in total. The van der Waals surface area contributed by atoms with Crippen molar-refractivity contribution in [2.45, 2.75) is 39.2 Å². The third kappa shape index (κ3) is 3.53. The second kappa shape index (κ2) is 6.31. The molecule has 0 aliphatic carbocycles. The van der Waals surface area contributed by atoms with Crippen molar-refractivity contribution in [3.8, 4) is 0 Å². The van der Waals surface area contributed by atoms with Crippen molar-refractivity contribution in [1.82, 2.24) is 9.88 Å². The number of carbonyl (C=O) groups is 2. The molecule has 1 aliphatic heterocycles. The molecule has 1 N–H and O–H groups in total. The molecule has 0 radical (unpaired) electrons. The van der Waals surface area contributed by atoms with Crippen LogP contribution in [0.25, 0.3) is 0 Å². The van der Waals surface area contributed by atoms with E-state index >= 15 is 0 Å². The molecular weight excluding hydrogens is 242 g/mol. The molecule has 0 unspecified atom stereocenters. The van der Waals surface area contributed by atoms with Crippen molar-refractivity contribution >= 4 is 17.6 Å². The van der Waals surface area contributed by atoms with Crippen LogP contribution in [0.1, 0.15) is 38.3 Å². The monoisotopic (exact) mass is 261 g/mol. The molecule has 0 saturated carbocycles. The van der Waals surface area contributed by atoms with Crippen LogP contribution in [0.2, 0.25) is 0 Å². The van der Waals surface area contributed by atoms with Gasteiger partial charge in [-0.05, 0) is 25.0 Å². The van der Waals surface area contributed by atoms with Crippen molar-refractivity contribution in [2.75, 3.05) is 11.9 Å². The summed E-state index contributed by atoms with van der Waals surface area (Å²) >= 11 is 0. The highest BCUT2D eigenvalue weighted by Gasteiger charge is 2.26. The molecular formula is C14H19N3O2. The van der Waals surface area contributed by atoms with Gasteiger partial charge in [0.15, 0.2) is 0 Å². The summed E-state index contributed by atoms with van der Waals surface area (Å²) < 4.78 is 0. The second-order valence-corrected chi connectivity index (χ2v) is 4.67. The molecule has 1 aromatic heterocycles. The number of hydrogen-bond acceptors (Lipinski definition) is 4. The number of piperidine rings is 1. The zero-order valence-electron chi connectivity index (χ0n) is 11.2. The number of anilines is 1. The number of nitrogens with one attached hydrogen (secondary N) is 1. The van der Waals surface area contributed by atoms with Gasteiger partial charge in [0, 0.05) is 19.4 Å². The van der Waals surface area contributed by atoms with Gasteiger partial charge in [-0.25, -0.2) is 4.98 Å². The number of imide groups is 1. The first kappa shape index (κ1) is 13.5. The average molecular weight is 261 g/mol. The van der Waals surface area contributed by atoms with E-state index in [0.29, 0.717) is 19.3 Å². The summed E-state index contributed by atoms with van der Waals surface area (Å²) in [7, 11) is 0. The predicted octanol–water partition coefficient (Wildman–Crippen LogP) is 1.94. The molecule has 5 heteroatoms. The van der Waals surface area contributed by atoms with Gasteiger partial charge in [0.1, 0.15) is 5.82 Å². The SMILES string of the molecule is CCCNc1cccc(CN2C(=O)CCCC2=O)n1. The third-order valence-electron chi connectivity index (χ3n) is 3.07. The average Bonchev–Trinajstić information content (AvgIpc) is 2.41. The van der Waals surface area contributed by atoms with E-state index in [2.05, 4.69) is 17.2 Å². The normalized spacial score (nSPS) is 15.7. The number of pyridine rings is 1. The lowest BCUT2D eigenvalue weighted by atomic mass is 10.1. The van der Waals surface area contributed by atoms with E-state index in [1.807, 2.05) is 18.2 Å². The molecule has 2 amide bonds. The van der Waals surface area contributed by atoms with Gasteiger partial charge in [0.05, 0.1) is 12.2 Å². The van der Waals surface area contributed by atoms with Crippen molar-refractivity contribution < 1.29 is 9.59 Å². The molecule has 1 saturated heterocycles. The van der Waals surface area contributed by atoms with Gasteiger partial charge in [0.25, 0.3) is 0 Å². The van der Waals surface area contributed by atoms with E-state index in [1.165, 1.54) is 4.90 Å². The molecule has 0 atom stereocenters. The van der Waals surface area contributed by atoms with Crippen LogP contribution >= 0.6 is 0 Å². The molecule has 1 fully saturated rings. The van der Waals surface area contributed by atoms with Crippen molar-refractivity contribution in [3.05, 3.63) is 23.9 Å².